The van der Waals surface area contributed by atoms with Crippen LogP contribution in [0.3, 0.4) is 0 Å². The molecule has 0 saturated heterocycles. The van der Waals surface area contributed by atoms with Crippen molar-refractivity contribution in [1.29, 1.82) is 0 Å². The molecule has 2 aliphatic rings. The fourth-order valence-corrected chi connectivity index (χ4v) is 4.37. The van der Waals surface area contributed by atoms with Crippen molar-refractivity contribution in [1.82, 2.24) is 9.97 Å². The molecule has 0 spiro atoms. The van der Waals surface area contributed by atoms with Crippen molar-refractivity contribution in [2.45, 2.75) is 83.3 Å². The Labute approximate surface area is 149 Å². The molecule has 1 heterocycles. The Kier molecular flexibility index (Phi) is 5.57. The summed E-state index contributed by atoms with van der Waals surface area (Å²) in [4.78, 5) is 20.8. The Balaban J connectivity index is 1.78. The average Bonchev–Trinajstić information content (AvgIpc) is 3.06. The van der Waals surface area contributed by atoms with E-state index >= 15 is 0 Å². The topological polar surface area (TPSA) is 101 Å². The lowest BCUT2D eigenvalue weighted by Crippen LogP contribution is -2.30. The summed E-state index contributed by atoms with van der Waals surface area (Å²) in [6.07, 6.45) is 11.6. The molecule has 2 aliphatic carbocycles. The number of aliphatic hydroxyl groups is 1. The van der Waals surface area contributed by atoms with Gasteiger partial charge in [-0.15, -0.1) is 0 Å². The van der Waals surface area contributed by atoms with Gasteiger partial charge in [-0.25, -0.2) is 9.97 Å². The molecule has 6 nitrogen and oxygen atoms in total. The van der Waals surface area contributed by atoms with Crippen LogP contribution in [0.1, 0.15) is 80.8 Å². The predicted octanol–water partition coefficient (Wildman–Crippen LogP) is 2.80. The number of carbonyl (C=O) groups excluding carboxylic acids is 1. The second-order valence-corrected chi connectivity index (χ2v) is 7.81. The van der Waals surface area contributed by atoms with Crippen molar-refractivity contribution in [3.05, 3.63) is 17.5 Å². The summed E-state index contributed by atoms with van der Waals surface area (Å²) < 4.78 is 0. The molecule has 3 rings (SSSR count). The highest BCUT2D eigenvalue weighted by Gasteiger charge is 2.34. The number of hydrogen-bond donors (Lipinski definition) is 3. The molecule has 0 unspecified atom stereocenters. The minimum atomic E-state index is -0.452. The van der Waals surface area contributed by atoms with Gasteiger partial charge >= 0.3 is 0 Å². The fraction of sp³-hybridized carbons (Fsp3) is 0.737. The quantitative estimate of drug-likeness (QED) is 0.735. The molecule has 1 amide bonds. The standard InChI is InChI=1S/C19H30N4O2/c1-2-19(9-3-4-10-19)11-16-15(17(20)25)12-21-18(23-16)22-13-5-7-14(24)8-6-13/h12-14,24H,2-11H2,1H3,(H2,20,25)(H,21,22,23). The van der Waals surface area contributed by atoms with Gasteiger partial charge in [0.2, 0.25) is 5.95 Å². The van der Waals surface area contributed by atoms with Crippen LogP contribution in [-0.2, 0) is 6.42 Å². The molecule has 0 aromatic carbocycles. The van der Waals surface area contributed by atoms with Crippen LogP contribution < -0.4 is 11.1 Å². The Morgan fingerprint density at radius 2 is 2.00 bits per heavy atom. The highest BCUT2D eigenvalue weighted by molar-refractivity contribution is 5.93. The average molecular weight is 346 g/mol. The predicted molar refractivity (Wildman–Crippen MR) is 97.3 cm³/mol. The highest BCUT2D eigenvalue weighted by Crippen LogP contribution is 2.43. The number of amides is 1. The van der Waals surface area contributed by atoms with Crippen LogP contribution in [0.4, 0.5) is 5.95 Å². The number of rotatable bonds is 6. The summed E-state index contributed by atoms with van der Waals surface area (Å²) in [5.41, 5.74) is 7.03. The monoisotopic (exact) mass is 346 g/mol. The van der Waals surface area contributed by atoms with Crippen molar-refractivity contribution in [3.63, 3.8) is 0 Å². The number of carbonyl (C=O) groups is 1. The van der Waals surface area contributed by atoms with Gasteiger partial charge in [-0.3, -0.25) is 4.79 Å². The van der Waals surface area contributed by atoms with Crippen LogP contribution in [0.5, 0.6) is 0 Å². The maximum atomic E-state index is 11.8. The van der Waals surface area contributed by atoms with Crippen molar-refractivity contribution in [2.24, 2.45) is 11.1 Å². The molecule has 1 aromatic rings. The van der Waals surface area contributed by atoms with Crippen LogP contribution in [0, 0.1) is 5.41 Å². The number of primary amides is 1. The van der Waals surface area contributed by atoms with E-state index in [2.05, 4.69) is 22.2 Å². The Morgan fingerprint density at radius 1 is 1.32 bits per heavy atom. The Morgan fingerprint density at radius 3 is 2.60 bits per heavy atom. The number of hydrogen-bond acceptors (Lipinski definition) is 5. The SMILES string of the molecule is CCC1(Cc2nc(NC3CCC(O)CC3)ncc2C(N)=O)CCCC1. The van der Waals surface area contributed by atoms with Gasteiger partial charge in [0.25, 0.3) is 5.91 Å². The van der Waals surface area contributed by atoms with Crippen molar-refractivity contribution in [2.75, 3.05) is 5.32 Å². The van der Waals surface area contributed by atoms with E-state index in [9.17, 15) is 9.90 Å². The Bertz CT molecular complexity index is 605. The third-order valence-corrected chi connectivity index (χ3v) is 6.12. The summed E-state index contributed by atoms with van der Waals surface area (Å²) in [6, 6.07) is 0.280. The molecule has 0 radical (unpaired) electrons. The van der Waals surface area contributed by atoms with E-state index < -0.39 is 5.91 Å². The molecule has 25 heavy (non-hydrogen) atoms. The van der Waals surface area contributed by atoms with Crippen molar-refractivity contribution >= 4 is 11.9 Å². The first-order valence-electron chi connectivity index (χ1n) is 9.62. The van der Waals surface area contributed by atoms with Gasteiger partial charge in [0.05, 0.1) is 17.4 Å². The van der Waals surface area contributed by atoms with Crippen LogP contribution in [-0.4, -0.2) is 33.1 Å². The minimum absolute atomic E-state index is 0.182. The van der Waals surface area contributed by atoms with Gasteiger partial charge in [-0.1, -0.05) is 26.2 Å². The summed E-state index contributed by atoms with van der Waals surface area (Å²) in [6.45, 7) is 2.23. The second-order valence-electron chi connectivity index (χ2n) is 7.81. The zero-order chi connectivity index (χ0) is 17.9. The lowest BCUT2D eigenvalue weighted by Gasteiger charge is -2.28. The molecular weight excluding hydrogens is 316 g/mol. The highest BCUT2D eigenvalue weighted by atomic mass is 16.3. The van der Waals surface area contributed by atoms with Gasteiger partial charge in [0.1, 0.15) is 0 Å². The lowest BCUT2D eigenvalue weighted by atomic mass is 9.78. The van der Waals surface area contributed by atoms with Crippen LogP contribution in [0.25, 0.3) is 0 Å². The summed E-state index contributed by atoms with van der Waals surface area (Å²) in [5, 5.41) is 13.0. The molecule has 2 saturated carbocycles. The zero-order valence-electron chi connectivity index (χ0n) is 15.1. The molecule has 0 bridgehead atoms. The van der Waals surface area contributed by atoms with Gasteiger partial charge in [-0.2, -0.15) is 0 Å². The summed E-state index contributed by atoms with van der Waals surface area (Å²) in [7, 11) is 0. The lowest BCUT2D eigenvalue weighted by molar-refractivity contribution is 0.0997. The number of aliphatic hydroxyl groups excluding tert-OH is 1. The number of anilines is 1. The van der Waals surface area contributed by atoms with Crippen LogP contribution >= 0.6 is 0 Å². The van der Waals surface area contributed by atoms with E-state index in [4.69, 9.17) is 5.73 Å². The van der Waals surface area contributed by atoms with Crippen LogP contribution in [0.15, 0.2) is 6.20 Å². The van der Waals surface area contributed by atoms with Crippen molar-refractivity contribution < 1.29 is 9.90 Å². The molecule has 2 fully saturated rings. The number of aromatic nitrogens is 2. The zero-order valence-corrected chi connectivity index (χ0v) is 15.1. The third-order valence-electron chi connectivity index (χ3n) is 6.12. The first kappa shape index (κ1) is 18.1. The maximum absolute atomic E-state index is 11.8. The number of nitrogens with one attached hydrogen (secondary N) is 1. The Hall–Kier alpha value is -1.69. The molecule has 0 atom stereocenters. The molecule has 1 aromatic heterocycles. The van der Waals surface area contributed by atoms with E-state index in [1.54, 1.807) is 6.20 Å². The van der Waals surface area contributed by atoms with Gasteiger partial charge in [-0.05, 0) is 50.4 Å². The van der Waals surface area contributed by atoms with E-state index in [0.717, 1.165) is 44.2 Å². The minimum Gasteiger partial charge on any atom is -0.393 e. The maximum Gasteiger partial charge on any atom is 0.252 e. The van der Waals surface area contributed by atoms with Gasteiger partial charge < -0.3 is 16.2 Å². The van der Waals surface area contributed by atoms with Crippen LogP contribution in [0.2, 0.25) is 0 Å². The molecule has 4 N–H and O–H groups in total. The van der Waals surface area contributed by atoms with Gasteiger partial charge in [0.15, 0.2) is 0 Å². The van der Waals surface area contributed by atoms with Gasteiger partial charge in [0, 0.05) is 12.2 Å². The number of nitrogens with zero attached hydrogens (tertiary/aromatic N) is 2. The first-order chi connectivity index (χ1) is 12.0. The van der Waals surface area contributed by atoms with E-state index in [-0.39, 0.29) is 17.6 Å². The summed E-state index contributed by atoms with van der Waals surface area (Å²) in [5.74, 6) is 0.122. The molecule has 6 heteroatoms. The second kappa shape index (κ2) is 7.68. The first-order valence-corrected chi connectivity index (χ1v) is 9.62. The smallest absolute Gasteiger partial charge is 0.252 e. The third kappa shape index (κ3) is 4.29. The van der Waals surface area contributed by atoms with E-state index in [1.165, 1.54) is 25.7 Å². The molecule has 138 valence electrons. The number of nitrogens with two attached hydrogens (primary N) is 1. The molecule has 0 aliphatic heterocycles. The summed E-state index contributed by atoms with van der Waals surface area (Å²) >= 11 is 0. The molecular formula is C19H30N4O2. The normalized spacial score (nSPS) is 25.7. The van der Waals surface area contributed by atoms with Crippen molar-refractivity contribution in [3.8, 4) is 0 Å². The largest absolute Gasteiger partial charge is 0.393 e. The van der Waals surface area contributed by atoms with E-state index in [0.29, 0.717) is 11.5 Å². The fourth-order valence-electron chi connectivity index (χ4n) is 4.37. The van der Waals surface area contributed by atoms with E-state index in [1.807, 2.05) is 0 Å².